The fraction of sp³-hybridized carbons (Fsp3) is 0.333. The van der Waals surface area contributed by atoms with Gasteiger partial charge in [0.2, 0.25) is 0 Å². The molecule has 1 atom stereocenters. The summed E-state index contributed by atoms with van der Waals surface area (Å²) in [6, 6.07) is 11.2. The van der Waals surface area contributed by atoms with Crippen molar-refractivity contribution in [2.45, 2.75) is 25.8 Å². The number of alkyl halides is 1. The predicted molar refractivity (Wildman–Crippen MR) is 81.9 cm³/mol. The number of hydrogen-bond donors (Lipinski definition) is 0. The Morgan fingerprint density at radius 1 is 1.33 bits per heavy atom. The normalized spacial score (nSPS) is 12.4. The van der Waals surface area contributed by atoms with Crippen LogP contribution in [-0.2, 0) is 5.88 Å². The van der Waals surface area contributed by atoms with Gasteiger partial charge in [0.25, 0.3) is 0 Å². The van der Waals surface area contributed by atoms with Crippen molar-refractivity contribution in [3.63, 3.8) is 0 Å². The Labute approximate surface area is 118 Å². The maximum atomic E-state index is 5.90. The van der Waals surface area contributed by atoms with Crippen LogP contribution >= 0.6 is 22.9 Å². The SMILES string of the molecule is Cc1cc(N(C)C(C)c2cccs2)ccc1CCl. The Morgan fingerprint density at radius 2 is 2.11 bits per heavy atom. The standard InChI is InChI=1S/C15H18ClNS/c1-11-9-14(7-6-13(11)10-16)17(3)12(2)15-5-4-8-18-15/h4-9,12H,10H2,1-3H3. The zero-order valence-corrected chi connectivity index (χ0v) is 12.6. The van der Waals surface area contributed by atoms with Gasteiger partial charge in [-0.1, -0.05) is 12.1 Å². The van der Waals surface area contributed by atoms with Gasteiger partial charge in [0, 0.05) is 23.5 Å². The van der Waals surface area contributed by atoms with Crippen molar-refractivity contribution in [2.75, 3.05) is 11.9 Å². The first-order valence-corrected chi connectivity index (χ1v) is 7.46. The molecule has 2 aromatic rings. The van der Waals surface area contributed by atoms with Gasteiger partial charge < -0.3 is 4.90 Å². The molecule has 1 aromatic heterocycles. The summed E-state index contributed by atoms with van der Waals surface area (Å²) in [5.74, 6) is 0.580. The van der Waals surface area contributed by atoms with Gasteiger partial charge >= 0.3 is 0 Å². The number of hydrogen-bond acceptors (Lipinski definition) is 2. The van der Waals surface area contributed by atoms with Crippen LogP contribution in [0.5, 0.6) is 0 Å². The second-order valence-corrected chi connectivity index (χ2v) is 5.79. The summed E-state index contributed by atoms with van der Waals surface area (Å²) in [4.78, 5) is 3.69. The van der Waals surface area contributed by atoms with Gasteiger partial charge in [0.05, 0.1) is 6.04 Å². The molecule has 18 heavy (non-hydrogen) atoms. The Hall–Kier alpha value is -0.990. The fourth-order valence-corrected chi connectivity index (χ4v) is 3.12. The molecule has 0 N–H and O–H groups in total. The molecule has 0 aliphatic rings. The van der Waals surface area contributed by atoms with E-state index in [9.17, 15) is 0 Å². The maximum Gasteiger partial charge on any atom is 0.0603 e. The summed E-state index contributed by atoms with van der Waals surface area (Å²) in [7, 11) is 2.14. The minimum atomic E-state index is 0.395. The van der Waals surface area contributed by atoms with Crippen LogP contribution in [0.4, 0.5) is 5.69 Å². The molecule has 3 heteroatoms. The molecule has 96 valence electrons. The number of benzene rings is 1. The van der Waals surface area contributed by atoms with E-state index < -0.39 is 0 Å². The summed E-state index contributed by atoms with van der Waals surface area (Å²) < 4.78 is 0. The van der Waals surface area contributed by atoms with Crippen molar-refractivity contribution >= 4 is 28.6 Å². The van der Waals surface area contributed by atoms with E-state index in [1.54, 1.807) is 11.3 Å². The summed E-state index contributed by atoms with van der Waals surface area (Å²) >= 11 is 7.70. The third-order valence-electron chi connectivity index (χ3n) is 3.41. The molecule has 0 radical (unpaired) electrons. The molecule has 2 rings (SSSR count). The van der Waals surface area contributed by atoms with E-state index in [-0.39, 0.29) is 0 Å². The first-order chi connectivity index (χ1) is 8.63. The van der Waals surface area contributed by atoms with Crippen LogP contribution < -0.4 is 4.90 Å². The van der Waals surface area contributed by atoms with Gasteiger partial charge in [-0.3, -0.25) is 0 Å². The lowest BCUT2D eigenvalue weighted by atomic mass is 10.1. The Balaban J connectivity index is 2.23. The molecule has 0 spiro atoms. The lowest BCUT2D eigenvalue weighted by molar-refractivity contribution is 0.753. The second-order valence-electron chi connectivity index (χ2n) is 4.55. The molecular weight excluding hydrogens is 262 g/mol. The lowest BCUT2D eigenvalue weighted by Gasteiger charge is -2.27. The van der Waals surface area contributed by atoms with E-state index in [2.05, 4.69) is 61.5 Å². The van der Waals surface area contributed by atoms with E-state index >= 15 is 0 Å². The van der Waals surface area contributed by atoms with Gasteiger partial charge in [0.15, 0.2) is 0 Å². The first-order valence-electron chi connectivity index (χ1n) is 6.05. The highest BCUT2D eigenvalue weighted by Gasteiger charge is 2.13. The highest BCUT2D eigenvalue weighted by atomic mass is 35.5. The van der Waals surface area contributed by atoms with Crippen LogP contribution in [0.1, 0.15) is 29.0 Å². The van der Waals surface area contributed by atoms with E-state index in [0.29, 0.717) is 11.9 Å². The van der Waals surface area contributed by atoms with Crippen molar-refractivity contribution in [1.29, 1.82) is 0 Å². The zero-order valence-electron chi connectivity index (χ0n) is 11.0. The number of nitrogens with zero attached hydrogens (tertiary/aromatic N) is 1. The van der Waals surface area contributed by atoms with E-state index in [1.807, 2.05) is 0 Å². The Morgan fingerprint density at radius 3 is 2.67 bits per heavy atom. The smallest absolute Gasteiger partial charge is 0.0603 e. The van der Waals surface area contributed by atoms with Crippen LogP contribution in [0.15, 0.2) is 35.7 Å². The van der Waals surface area contributed by atoms with Crippen LogP contribution in [0.3, 0.4) is 0 Å². The molecule has 1 unspecified atom stereocenters. The average molecular weight is 280 g/mol. The van der Waals surface area contributed by atoms with Crippen LogP contribution in [0.25, 0.3) is 0 Å². The van der Waals surface area contributed by atoms with Crippen LogP contribution in [0.2, 0.25) is 0 Å². The first kappa shape index (κ1) is 13.4. The Kier molecular flexibility index (Phi) is 4.31. The monoisotopic (exact) mass is 279 g/mol. The number of halogens is 1. The molecular formula is C15H18ClNS. The van der Waals surface area contributed by atoms with Gasteiger partial charge in [-0.05, 0) is 48.6 Å². The van der Waals surface area contributed by atoms with Crippen molar-refractivity contribution in [3.8, 4) is 0 Å². The minimum absolute atomic E-state index is 0.395. The predicted octanol–water partition coefficient (Wildman–Crippen LogP) is 4.99. The third-order valence-corrected chi connectivity index (χ3v) is 4.74. The fourth-order valence-electron chi connectivity index (χ4n) is 1.99. The molecule has 0 amide bonds. The molecule has 0 aliphatic carbocycles. The maximum absolute atomic E-state index is 5.90. The highest BCUT2D eigenvalue weighted by Crippen LogP contribution is 2.29. The van der Waals surface area contributed by atoms with Crippen molar-refractivity contribution in [3.05, 3.63) is 51.7 Å². The van der Waals surface area contributed by atoms with Crippen molar-refractivity contribution in [1.82, 2.24) is 0 Å². The van der Waals surface area contributed by atoms with E-state index in [4.69, 9.17) is 11.6 Å². The van der Waals surface area contributed by atoms with Crippen LogP contribution in [-0.4, -0.2) is 7.05 Å². The van der Waals surface area contributed by atoms with E-state index in [0.717, 1.165) is 0 Å². The molecule has 0 aliphatic heterocycles. The molecule has 1 heterocycles. The van der Waals surface area contributed by atoms with Gasteiger partial charge in [-0.25, -0.2) is 0 Å². The Bertz CT molecular complexity index is 507. The van der Waals surface area contributed by atoms with Crippen LogP contribution in [0, 0.1) is 6.92 Å². The molecule has 1 nitrogen and oxygen atoms in total. The lowest BCUT2D eigenvalue weighted by Crippen LogP contribution is -2.20. The van der Waals surface area contributed by atoms with Gasteiger partial charge in [-0.2, -0.15) is 0 Å². The van der Waals surface area contributed by atoms with Crippen molar-refractivity contribution in [2.24, 2.45) is 0 Å². The second kappa shape index (κ2) is 5.77. The number of rotatable bonds is 4. The average Bonchev–Trinajstić information content (AvgIpc) is 2.90. The quantitative estimate of drug-likeness (QED) is 0.713. The summed E-state index contributed by atoms with van der Waals surface area (Å²) in [5.41, 5.74) is 3.70. The summed E-state index contributed by atoms with van der Waals surface area (Å²) in [5, 5.41) is 2.13. The highest BCUT2D eigenvalue weighted by molar-refractivity contribution is 7.10. The molecule has 0 fully saturated rings. The largest absolute Gasteiger partial charge is 0.367 e. The molecule has 0 bridgehead atoms. The topological polar surface area (TPSA) is 3.24 Å². The van der Waals surface area contributed by atoms with Crippen molar-refractivity contribution < 1.29 is 0 Å². The minimum Gasteiger partial charge on any atom is -0.367 e. The zero-order chi connectivity index (χ0) is 13.1. The number of thiophene rings is 1. The van der Waals surface area contributed by atoms with E-state index in [1.165, 1.54) is 21.7 Å². The molecule has 0 saturated heterocycles. The van der Waals surface area contributed by atoms with Gasteiger partial charge in [0.1, 0.15) is 0 Å². The van der Waals surface area contributed by atoms with Gasteiger partial charge in [-0.15, -0.1) is 22.9 Å². The number of aryl methyl sites for hydroxylation is 1. The third kappa shape index (κ3) is 2.70. The summed E-state index contributed by atoms with van der Waals surface area (Å²) in [6.07, 6.45) is 0. The number of anilines is 1. The molecule has 1 aromatic carbocycles. The summed E-state index contributed by atoms with van der Waals surface area (Å²) in [6.45, 7) is 4.35. The molecule has 0 saturated carbocycles.